The number of carbonyl (C=O) groups excluding carboxylic acids is 2. The van der Waals surface area contributed by atoms with Gasteiger partial charge in [-0.05, 0) is 30.7 Å². The molecule has 0 aliphatic rings. The van der Waals surface area contributed by atoms with Gasteiger partial charge in [0.15, 0.2) is 6.61 Å². The zero-order valence-electron chi connectivity index (χ0n) is 10.1. The first kappa shape index (κ1) is 13.7. The molecule has 0 saturated carbocycles. The minimum atomic E-state index is -0.578. The standard InChI is InChI=1S/C13H14N2O3/c1-2-7-15-12(16)9-18-13(17)11-5-3-10(8-14)4-6-11/h3-6H,2,7,9H2,1H3,(H,15,16). The van der Waals surface area contributed by atoms with Crippen LogP contribution in [0.1, 0.15) is 29.3 Å². The minimum absolute atomic E-state index is 0.293. The number of ether oxygens (including phenoxy) is 1. The van der Waals surface area contributed by atoms with Gasteiger partial charge >= 0.3 is 5.97 Å². The fourth-order valence-electron chi connectivity index (χ4n) is 1.21. The Labute approximate surface area is 105 Å². The molecule has 1 aromatic rings. The summed E-state index contributed by atoms with van der Waals surface area (Å²) in [6.45, 7) is 2.20. The summed E-state index contributed by atoms with van der Waals surface area (Å²) in [5, 5.41) is 11.2. The SMILES string of the molecule is CCCNC(=O)COC(=O)c1ccc(C#N)cc1. The number of amides is 1. The predicted octanol–water partition coefficient (Wildman–Crippen LogP) is 1.24. The van der Waals surface area contributed by atoms with E-state index in [-0.39, 0.29) is 12.5 Å². The summed E-state index contributed by atoms with van der Waals surface area (Å²) in [6, 6.07) is 7.98. The molecule has 1 rings (SSSR count). The second-order valence-corrected chi connectivity index (χ2v) is 3.62. The molecule has 0 spiro atoms. The summed E-state index contributed by atoms with van der Waals surface area (Å²) in [7, 11) is 0. The second-order valence-electron chi connectivity index (χ2n) is 3.62. The third-order valence-electron chi connectivity index (χ3n) is 2.16. The Bertz CT molecular complexity index is 460. The van der Waals surface area contributed by atoms with E-state index in [9.17, 15) is 9.59 Å². The van der Waals surface area contributed by atoms with Crippen LogP contribution >= 0.6 is 0 Å². The smallest absolute Gasteiger partial charge is 0.338 e. The van der Waals surface area contributed by atoms with Gasteiger partial charge in [0, 0.05) is 6.54 Å². The van der Waals surface area contributed by atoms with Crippen LogP contribution in [0.15, 0.2) is 24.3 Å². The molecule has 0 heterocycles. The van der Waals surface area contributed by atoms with E-state index in [4.69, 9.17) is 10.00 Å². The lowest BCUT2D eigenvalue weighted by atomic mass is 10.1. The Balaban J connectivity index is 2.45. The number of esters is 1. The fraction of sp³-hybridized carbons (Fsp3) is 0.308. The highest BCUT2D eigenvalue weighted by Crippen LogP contribution is 2.04. The molecule has 0 radical (unpaired) electrons. The molecule has 1 amide bonds. The van der Waals surface area contributed by atoms with Gasteiger partial charge in [-0.2, -0.15) is 5.26 Å². The Kier molecular flexibility index (Phi) is 5.39. The van der Waals surface area contributed by atoms with Crippen molar-refractivity contribution in [2.75, 3.05) is 13.2 Å². The van der Waals surface area contributed by atoms with E-state index in [1.165, 1.54) is 24.3 Å². The first-order valence-corrected chi connectivity index (χ1v) is 5.61. The van der Waals surface area contributed by atoms with Crippen LogP contribution in [-0.2, 0) is 9.53 Å². The van der Waals surface area contributed by atoms with E-state index in [2.05, 4.69) is 5.32 Å². The molecule has 0 aliphatic carbocycles. The van der Waals surface area contributed by atoms with Gasteiger partial charge in [-0.3, -0.25) is 4.79 Å². The molecule has 0 bridgehead atoms. The molecule has 0 aliphatic heterocycles. The van der Waals surface area contributed by atoms with Crippen LogP contribution in [0.5, 0.6) is 0 Å². The first-order chi connectivity index (χ1) is 8.67. The average molecular weight is 246 g/mol. The quantitative estimate of drug-likeness (QED) is 0.793. The van der Waals surface area contributed by atoms with Gasteiger partial charge in [-0.25, -0.2) is 4.79 Å². The van der Waals surface area contributed by atoms with Crippen LogP contribution < -0.4 is 5.32 Å². The van der Waals surface area contributed by atoms with E-state index in [1.54, 1.807) is 0 Å². The molecule has 1 aromatic carbocycles. The zero-order chi connectivity index (χ0) is 13.4. The van der Waals surface area contributed by atoms with E-state index in [1.807, 2.05) is 13.0 Å². The topological polar surface area (TPSA) is 79.2 Å². The van der Waals surface area contributed by atoms with Gasteiger partial charge in [-0.1, -0.05) is 6.92 Å². The van der Waals surface area contributed by atoms with Crippen LogP contribution in [-0.4, -0.2) is 25.0 Å². The number of hydrogen-bond donors (Lipinski definition) is 1. The molecule has 5 heteroatoms. The molecular weight excluding hydrogens is 232 g/mol. The third kappa shape index (κ3) is 4.26. The molecule has 18 heavy (non-hydrogen) atoms. The van der Waals surface area contributed by atoms with Crippen molar-refractivity contribution in [3.63, 3.8) is 0 Å². The van der Waals surface area contributed by atoms with Crippen molar-refractivity contribution < 1.29 is 14.3 Å². The molecule has 0 atom stereocenters. The number of benzene rings is 1. The van der Waals surface area contributed by atoms with E-state index in [0.29, 0.717) is 17.7 Å². The second kappa shape index (κ2) is 7.07. The monoisotopic (exact) mass is 246 g/mol. The number of hydrogen-bond acceptors (Lipinski definition) is 4. The van der Waals surface area contributed by atoms with Gasteiger partial charge in [0.2, 0.25) is 0 Å². The van der Waals surface area contributed by atoms with Crippen molar-refractivity contribution in [3.05, 3.63) is 35.4 Å². The van der Waals surface area contributed by atoms with E-state index < -0.39 is 5.97 Å². The molecule has 0 saturated heterocycles. The molecule has 1 N–H and O–H groups in total. The normalized spacial score (nSPS) is 9.33. The number of carbonyl (C=O) groups is 2. The lowest BCUT2D eigenvalue weighted by molar-refractivity contribution is -0.124. The lowest BCUT2D eigenvalue weighted by Gasteiger charge is -2.05. The highest BCUT2D eigenvalue weighted by atomic mass is 16.5. The van der Waals surface area contributed by atoms with Crippen molar-refractivity contribution in [3.8, 4) is 6.07 Å². The number of nitrogens with zero attached hydrogens (tertiary/aromatic N) is 1. The Hall–Kier alpha value is -2.35. The number of nitriles is 1. The van der Waals surface area contributed by atoms with Crippen molar-refractivity contribution in [2.45, 2.75) is 13.3 Å². The van der Waals surface area contributed by atoms with Gasteiger partial charge in [0.1, 0.15) is 0 Å². The summed E-state index contributed by atoms with van der Waals surface area (Å²) in [4.78, 5) is 22.7. The van der Waals surface area contributed by atoms with Crippen molar-refractivity contribution >= 4 is 11.9 Å². The summed E-state index contributed by atoms with van der Waals surface area (Å²) in [5.74, 6) is -0.898. The summed E-state index contributed by atoms with van der Waals surface area (Å²) < 4.78 is 4.83. The molecule has 94 valence electrons. The van der Waals surface area contributed by atoms with Crippen LogP contribution in [0.25, 0.3) is 0 Å². The van der Waals surface area contributed by atoms with Gasteiger partial charge in [-0.15, -0.1) is 0 Å². The molecular formula is C13H14N2O3. The van der Waals surface area contributed by atoms with Gasteiger partial charge < -0.3 is 10.1 Å². The summed E-state index contributed by atoms with van der Waals surface area (Å²) >= 11 is 0. The lowest BCUT2D eigenvalue weighted by Crippen LogP contribution is -2.29. The number of nitrogens with one attached hydrogen (secondary N) is 1. The van der Waals surface area contributed by atoms with E-state index in [0.717, 1.165) is 6.42 Å². The maximum atomic E-state index is 11.5. The Morgan fingerprint density at radius 3 is 2.56 bits per heavy atom. The Morgan fingerprint density at radius 2 is 2.00 bits per heavy atom. The number of rotatable bonds is 5. The molecule has 0 aromatic heterocycles. The van der Waals surface area contributed by atoms with Gasteiger partial charge in [0.05, 0.1) is 17.2 Å². The van der Waals surface area contributed by atoms with E-state index >= 15 is 0 Å². The summed E-state index contributed by atoms with van der Waals surface area (Å²) in [6.07, 6.45) is 0.829. The van der Waals surface area contributed by atoms with Crippen LogP contribution in [0.3, 0.4) is 0 Å². The van der Waals surface area contributed by atoms with Crippen LogP contribution in [0.2, 0.25) is 0 Å². The van der Waals surface area contributed by atoms with Crippen molar-refractivity contribution in [1.29, 1.82) is 5.26 Å². The van der Waals surface area contributed by atoms with Crippen LogP contribution in [0.4, 0.5) is 0 Å². The minimum Gasteiger partial charge on any atom is -0.452 e. The highest BCUT2D eigenvalue weighted by Gasteiger charge is 2.09. The maximum absolute atomic E-state index is 11.5. The molecule has 5 nitrogen and oxygen atoms in total. The van der Waals surface area contributed by atoms with Crippen LogP contribution in [0, 0.1) is 11.3 Å². The predicted molar refractivity (Wildman–Crippen MR) is 64.7 cm³/mol. The summed E-state index contributed by atoms with van der Waals surface area (Å²) in [5.41, 5.74) is 0.782. The van der Waals surface area contributed by atoms with Crippen molar-refractivity contribution in [2.24, 2.45) is 0 Å². The van der Waals surface area contributed by atoms with Crippen molar-refractivity contribution in [1.82, 2.24) is 5.32 Å². The Morgan fingerprint density at radius 1 is 1.33 bits per heavy atom. The largest absolute Gasteiger partial charge is 0.452 e. The maximum Gasteiger partial charge on any atom is 0.338 e. The molecule has 0 fully saturated rings. The zero-order valence-corrected chi connectivity index (χ0v) is 10.1. The highest BCUT2D eigenvalue weighted by molar-refractivity contribution is 5.91. The fourth-order valence-corrected chi connectivity index (χ4v) is 1.21. The molecule has 0 unspecified atom stereocenters. The average Bonchev–Trinajstić information content (AvgIpc) is 2.42. The third-order valence-corrected chi connectivity index (χ3v) is 2.16. The first-order valence-electron chi connectivity index (χ1n) is 5.61. The van der Waals surface area contributed by atoms with Gasteiger partial charge in [0.25, 0.3) is 5.91 Å².